The number of hydrazone groups is 1. The molecule has 21 heavy (non-hydrogen) atoms. The molecule has 104 valence electrons. The molecule has 0 heterocycles. The third-order valence-corrected chi connectivity index (χ3v) is 3.11. The zero-order chi connectivity index (χ0) is 15.2. The highest BCUT2D eigenvalue weighted by atomic mass is 35.5. The van der Waals surface area contributed by atoms with Gasteiger partial charge in [0.1, 0.15) is 6.07 Å². The van der Waals surface area contributed by atoms with Gasteiger partial charge in [-0.25, -0.2) is 0 Å². The molecule has 2 aromatic carbocycles. The monoisotopic (exact) mass is 297 g/mol. The third kappa shape index (κ3) is 3.68. The molecule has 1 N–H and O–H groups in total. The quantitative estimate of drug-likeness (QED) is 0.530. The first kappa shape index (κ1) is 14.8. The average molecular weight is 298 g/mol. The van der Waals surface area contributed by atoms with Crippen molar-refractivity contribution in [2.24, 2.45) is 5.10 Å². The van der Waals surface area contributed by atoms with E-state index in [0.29, 0.717) is 10.6 Å². The van der Waals surface area contributed by atoms with E-state index in [0.717, 1.165) is 11.3 Å². The maximum atomic E-state index is 12.2. The Morgan fingerprint density at radius 2 is 1.86 bits per heavy atom. The number of nitriles is 1. The van der Waals surface area contributed by atoms with E-state index < -0.39 is 5.78 Å². The largest absolute Gasteiger partial charge is 0.286 e. The lowest BCUT2D eigenvalue weighted by Crippen LogP contribution is -2.14. The predicted molar refractivity (Wildman–Crippen MR) is 83.6 cm³/mol. The van der Waals surface area contributed by atoms with Crippen LogP contribution in [0.4, 0.5) is 5.69 Å². The number of hydrogen-bond donors (Lipinski definition) is 1. The molecule has 0 spiro atoms. The van der Waals surface area contributed by atoms with Crippen LogP contribution >= 0.6 is 11.6 Å². The number of para-hydroxylation sites is 1. The van der Waals surface area contributed by atoms with Crippen LogP contribution in [0, 0.1) is 18.3 Å². The first-order valence-electron chi connectivity index (χ1n) is 6.21. The maximum absolute atomic E-state index is 12.2. The van der Waals surface area contributed by atoms with E-state index in [1.807, 2.05) is 37.3 Å². The Kier molecular flexibility index (Phi) is 4.70. The number of aryl methyl sites for hydroxylation is 1. The zero-order valence-electron chi connectivity index (χ0n) is 11.3. The van der Waals surface area contributed by atoms with Crippen molar-refractivity contribution in [2.45, 2.75) is 6.92 Å². The molecule has 0 unspecified atom stereocenters. The molecule has 0 aliphatic rings. The fourth-order valence-corrected chi connectivity index (χ4v) is 1.80. The molecular weight excluding hydrogens is 286 g/mol. The number of anilines is 1. The van der Waals surface area contributed by atoms with E-state index in [1.165, 1.54) is 0 Å². The number of hydrogen-bond acceptors (Lipinski definition) is 4. The minimum absolute atomic E-state index is 0.208. The summed E-state index contributed by atoms with van der Waals surface area (Å²) in [5, 5.41) is 13.5. The smallest absolute Gasteiger partial charge is 0.223 e. The van der Waals surface area contributed by atoms with Crippen LogP contribution in [0.3, 0.4) is 0 Å². The van der Waals surface area contributed by atoms with E-state index in [2.05, 4.69) is 10.5 Å². The number of carbonyl (C=O) groups is 1. The number of carbonyl (C=O) groups excluding carboxylic acids is 1. The lowest BCUT2D eigenvalue weighted by molar-refractivity contribution is 0.106. The van der Waals surface area contributed by atoms with Gasteiger partial charge >= 0.3 is 0 Å². The molecule has 0 aliphatic heterocycles. The Labute approximate surface area is 127 Å². The summed E-state index contributed by atoms with van der Waals surface area (Å²) in [6, 6.07) is 15.6. The number of Topliss-reactive ketones (excluding diaryl/α,β-unsaturated/α-hetero) is 1. The SMILES string of the molecule is Cc1ccccc1N/N=C(\C#N)C(=O)c1ccc(Cl)cc1. The van der Waals surface area contributed by atoms with E-state index in [1.54, 1.807) is 24.3 Å². The summed E-state index contributed by atoms with van der Waals surface area (Å²) in [4.78, 5) is 12.2. The molecule has 0 amide bonds. The van der Waals surface area contributed by atoms with Gasteiger partial charge in [0.15, 0.2) is 0 Å². The van der Waals surface area contributed by atoms with Crippen LogP contribution in [0.15, 0.2) is 53.6 Å². The summed E-state index contributed by atoms with van der Waals surface area (Å²) < 4.78 is 0. The summed E-state index contributed by atoms with van der Waals surface area (Å²) in [6.45, 7) is 1.91. The predicted octanol–water partition coefficient (Wildman–Crippen LogP) is 3.82. The van der Waals surface area contributed by atoms with Crippen molar-refractivity contribution in [2.75, 3.05) is 5.43 Å². The lowest BCUT2D eigenvalue weighted by atomic mass is 10.1. The molecule has 0 radical (unpaired) electrons. The molecule has 2 rings (SSSR count). The van der Waals surface area contributed by atoms with Crippen molar-refractivity contribution in [3.8, 4) is 6.07 Å². The van der Waals surface area contributed by atoms with Gasteiger partial charge in [-0.15, -0.1) is 0 Å². The third-order valence-electron chi connectivity index (χ3n) is 2.86. The van der Waals surface area contributed by atoms with E-state index in [9.17, 15) is 4.79 Å². The van der Waals surface area contributed by atoms with E-state index in [-0.39, 0.29) is 5.71 Å². The highest BCUT2D eigenvalue weighted by molar-refractivity contribution is 6.51. The van der Waals surface area contributed by atoms with Crippen molar-refractivity contribution in [3.63, 3.8) is 0 Å². The molecule has 0 aliphatic carbocycles. The fourth-order valence-electron chi connectivity index (χ4n) is 1.68. The highest BCUT2D eigenvalue weighted by Gasteiger charge is 2.13. The molecule has 4 nitrogen and oxygen atoms in total. The normalized spacial score (nSPS) is 10.8. The number of halogens is 1. The Morgan fingerprint density at radius 3 is 2.48 bits per heavy atom. The second-order valence-corrected chi connectivity index (χ2v) is 4.77. The van der Waals surface area contributed by atoms with E-state index >= 15 is 0 Å². The summed E-state index contributed by atoms with van der Waals surface area (Å²) in [7, 11) is 0. The van der Waals surface area contributed by atoms with Gasteiger partial charge in [-0.2, -0.15) is 10.4 Å². The lowest BCUT2D eigenvalue weighted by Gasteiger charge is -2.04. The molecule has 0 atom stereocenters. The summed E-state index contributed by atoms with van der Waals surface area (Å²) in [6.07, 6.45) is 0. The Hall–Kier alpha value is -2.64. The molecule has 0 aromatic heterocycles. The van der Waals surface area contributed by atoms with Gasteiger partial charge in [-0.3, -0.25) is 10.2 Å². The van der Waals surface area contributed by atoms with Crippen LogP contribution in [0.1, 0.15) is 15.9 Å². The molecule has 0 saturated heterocycles. The second-order valence-electron chi connectivity index (χ2n) is 4.33. The van der Waals surface area contributed by atoms with Crippen molar-refractivity contribution < 1.29 is 4.79 Å². The standard InChI is InChI=1S/C16H12ClN3O/c1-11-4-2-3-5-14(11)19-20-15(10-18)16(21)12-6-8-13(17)9-7-12/h2-9,19H,1H3/b20-15+. The van der Waals surface area contributed by atoms with Crippen molar-refractivity contribution in [1.82, 2.24) is 0 Å². The van der Waals surface area contributed by atoms with Crippen molar-refractivity contribution in [3.05, 3.63) is 64.7 Å². The molecular formula is C16H12ClN3O. The van der Waals surface area contributed by atoms with Gasteiger partial charge < -0.3 is 0 Å². The van der Waals surface area contributed by atoms with Crippen molar-refractivity contribution in [1.29, 1.82) is 5.26 Å². The minimum atomic E-state index is -0.449. The average Bonchev–Trinajstić information content (AvgIpc) is 2.50. The molecule has 0 bridgehead atoms. The Balaban J connectivity index is 2.21. The number of benzene rings is 2. The zero-order valence-corrected chi connectivity index (χ0v) is 12.1. The minimum Gasteiger partial charge on any atom is -0.286 e. The highest BCUT2D eigenvalue weighted by Crippen LogP contribution is 2.14. The molecule has 0 fully saturated rings. The first-order chi connectivity index (χ1) is 10.1. The van der Waals surface area contributed by atoms with Crippen LogP contribution in [-0.2, 0) is 0 Å². The van der Waals surface area contributed by atoms with Gasteiger partial charge in [-0.05, 0) is 42.8 Å². The summed E-state index contributed by atoms with van der Waals surface area (Å²) >= 11 is 5.77. The molecule has 5 heteroatoms. The number of rotatable bonds is 4. The van der Waals surface area contributed by atoms with Crippen LogP contribution in [0.5, 0.6) is 0 Å². The summed E-state index contributed by atoms with van der Waals surface area (Å²) in [5.41, 5.74) is 4.62. The number of ketones is 1. The van der Waals surface area contributed by atoms with Gasteiger partial charge in [0.2, 0.25) is 11.5 Å². The van der Waals surface area contributed by atoms with Crippen LogP contribution in [-0.4, -0.2) is 11.5 Å². The molecule has 2 aromatic rings. The van der Waals surface area contributed by atoms with Crippen LogP contribution < -0.4 is 5.43 Å². The topological polar surface area (TPSA) is 65.2 Å². The van der Waals surface area contributed by atoms with Crippen LogP contribution in [0.25, 0.3) is 0 Å². The van der Waals surface area contributed by atoms with Gasteiger partial charge in [0.25, 0.3) is 0 Å². The number of nitrogens with zero attached hydrogens (tertiary/aromatic N) is 2. The Morgan fingerprint density at radius 1 is 1.19 bits per heavy atom. The van der Waals surface area contributed by atoms with Crippen molar-refractivity contribution >= 4 is 28.8 Å². The van der Waals surface area contributed by atoms with Crippen LogP contribution in [0.2, 0.25) is 5.02 Å². The molecule has 0 saturated carbocycles. The first-order valence-corrected chi connectivity index (χ1v) is 6.59. The van der Waals surface area contributed by atoms with Gasteiger partial charge in [0, 0.05) is 10.6 Å². The Bertz CT molecular complexity index is 730. The van der Waals surface area contributed by atoms with E-state index in [4.69, 9.17) is 16.9 Å². The maximum Gasteiger partial charge on any atom is 0.223 e. The van der Waals surface area contributed by atoms with Gasteiger partial charge in [-0.1, -0.05) is 29.8 Å². The second kappa shape index (κ2) is 6.69. The van der Waals surface area contributed by atoms with Gasteiger partial charge in [0.05, 0.1) is 5.69 Å². The summed E-state index contributed by atoms with van der Waals surface area (Å²) in [5.74, 6) is -0.449. The number of nitrogens with one attached hydrogen (secondary N) is 1. The fraction of sp³-hybridized carbons (Fsp3) is 0.0625.